The van der Waals surface area contributed by atoms with Crippen LogP contribution in [-0.4, -0.2) is 44.3 Å². The van der Waals surface area contributed by atoms with Gasteiger partial charge >= 0.3 is 0 Å². The molecule has 1 aliphatic rings. The number of methoxy groups -OCH3 is 1. The largest absolute Gasteiger partial charge is 0.496 e. The van der Waals surface area contributed by atoms with E-state index in [4.69, 9.17) is 9.47 Å². The SMILES string of the molecule is COc1ccc(C(=O)Nc2nc3ccc(N4CCOCC4)cc3s2)cc1Br. The van der Waals surface area contributed by atoms with E-state index in [9.17, 15) is 4.79 Å². The molecule has 2 aromatic carbocycles. The van der Waals surface area contributed by atoms with Crippen LogP contribution in [0.4, 0.5) is 10.8 Å². The van der Waals surface area contributed by atoms with Crippen molar-refractivity contribution >= 4 is 54.2 Å². The Morgan fingerprint density at radius 2 is 2.07 bits per heavy atom. The van der Waals surface area contributed by atoms with Crippen molar-refractivity contribution in [1.29, 1.82) is 0 Å². The summed E-state index contributed by atoms with van der Waals surface area (Å²) in [7, 11) is 1.59. The Balaban J connectivity index is 1.53. The van der Waals surface area contributed by atoms with Crippen LogP contribution in [0, 0.1) is 0 Å². The van der Waals surface area contributed by atoms with Gasteiger partial charge < -0.3 is 14.4 Å². The Morgan fingerprint density at radius 3 is 2.81 bits per heavy atom. The average molecular weight is 448 g/mol. The van der Waals surface area contributed by atoms with E-state index in [1.54, 1.807) is 25.3 Å². The predicted octanol–water partition coefficient (Wildman–Crippen LogP) is 4.16. The molecule has 0 saturated carbocycles. The number of halogens is 1. The van der Waals surface area contributed by atoms with E-state index in [1.807, 2.05) is 6.07 Å². The van der Waals surface area contributed by atoms with Gasteiger partial charge in [0, 0.05) is 24.3 Å². The highest BCUT2D eigenvalue weighted by atomic mass is 79.9. The van der Waals surface area contributed by atoms with Crippen LogP contribution in [-0.2, 0) is 4.74 Å². The molecule has 0 spiro atoms. The fourth-order valence-electron chi connectivity index (χ4n) is 2.96. The second-order valence-electron chi connectivity index (χ2n) is 6.07. The molecule has 0 aliphatic carbocycles. The van der Waals surface area contributed by atoms with Gasteiger partial charge in [0.05, 0.1) is 35.0 Å². The molecule has 0 atom stereocenters. The van der Waals surface area contributed by atoms with Crippen molar-refractivity contribution in [2.45, 2.75) is 0 Å². The van der Waals surface area contributed by atoms with Gasteiger partial charge in [0.2, 0.25) is 0 Å². The van der Waals surface area contributed by atoms with Crippen molar-refractivity contribution in [3.05, 3.63) is 46.4 Å². The maximum absolute atomic E-state index is 12.5. The number of morpholine rings is 1. The van der Waals surface area contributed by atoms with E-state index in [1.165, 1.54) is 11.3 Å². The first kappa shape index (κ1) is 18.2. The Kier molecular flexibility index (Phi) is 5.29. The third-order valence-electron chi connectivity index (χ3n) is 4.38. The van der Waals surface area contributed by atoms with Crippen LogP contribution < -0.4 is 15.0 Å². The van der Waals surface area contributed by atoms with Crippen LogP contribution in [0.1, 0.15) is 10.4 Å². The summed E-state index contributed by atoms with van der Waals surface area (Å²) in [4.78, 5) is 19.4. The Labute approximate surface area is 169 Å². The standard InChI is InChI=1S/C19H18BrN3O3S/c1-25-16-5-2-12(10-14(16)20)18(24)22-19-21-15-4-3-13(11-17(15)27-19)23-6-8-26-9-7-23/h2-5,10-11H,6-9H2,1H3,(H,21,22,24). The van der Waals surface area contributed by atoms with E-state index < -0.39 is 0 Å². The quantitative estimate of drug-likeness (QED) is 0.650. The molecule has 1 amide bonds. The zero-order chi connectivity index (χ0) is 18.8. The number of amides is 1. The number of carbonyl (C=O) groups is 1. The molecule has 1 aromatic heterocycles. The highest BCUT2D eigenvalue weighted by Gasteiger charge is 2.15. The second kappa shape index (κ2) is 7.84. The molecule has 1 fully saturated rings. The lowest BCUT2D eigenvalue weighted by molar-refractivity contribution is 0.102. The zero-order valence-corrected chi connectivity index (χ0v) is 17.1. The van der Waals surface area contributed by atoms with Gasteiger partial charge in [-0.15, -0.1) is 0 Å². The molecular weight excluding hydrogens is 430 g/mol. The summed E-state index contributed by atoms with van der Waals surface area (Å²) in [6, 6.07) is 11.4. The molecule has 1 aliphatic heterocycles. The topological polar surface area (TPSA) is 63.7 Å². The molecule has 6 nitrogen and oxygen atoms in total. The lowest BCUT2D eigenvalue weighted by Crippen LogP contribution is -2.36. The van der Waals surface area contributed by atoms with Crippen molar-refractivity contribution in [2.75, 3.05) is 43.6 Å². The lowest BCUT2D eigenvalue weighted by Gasteiger charge is -2.28. The summed E-state index contributed by atoms with van der Waals surface area (Å²) in [6.45, 7) is 3.28. The van der Waals surface area contributed by atoms with Gasteiger partial charge in [0.15, 0.2) is 5.13 Å². The predicted molar refractivity (Wildman–Crippen MR) is 111 cm³/mol. The first-order chi connectivity index (χ1) is 13.1. The molecule has 27 heavy (non-hydrogen) atoms. The highest BCUT2D eigenvalue weighted by Crippen LogP contribution is 2.31. The van der Waals surface area contributed by atoms with Gasteiger partial charge in [-0.05, 0) is 52.3 Å². The Hall–Kier alpha value is -2.16. The van der Waals surface area contributed by atoms with Crippen molar-refractivity contribution in [3.63, 3.8) is 0 Å². The molecule has 0 unspecified atom stereocenters. The number of rotatable bonds is 4. The third kappa shape index (κ3) is 3.92. The van der Waals surface area contributed by atoms with Gasteiger partial charge in [-0.1, -0.05) is 11.3 Å². The molecule has 3 aromatic rings. The van der Waals surface area contributed by atoms with Crippen molar-refractivity contribution in [2.24, 2.45) is 0 Å². The van der Waals surface area contributed by atoms with E-state index >= 15 is 0 Å². The average Bonchev–Trinajstić information content (AvgIpc) is 3.10. The number of ether oxygens (including phenoxy) is 2. The number of fused-ring (bicyclic) bond motifs is 1. The Bertz CT molecular complexity index is 985. The first-order valence-corrected chi connectivity index (χ1v) is 10.1. The van der Waals surface area contributed by atoms with Crippen molar-refractivity contribution in [1.82, 2.24) is 4.98 Å². The minimum absolute atomic E-state index is 0.203. The summed E-state index contributed by atoms with van der Waals surface area (Å²) in [5.74, 6) is 0.480. The van der Waals surface area contributed by atoms with Crippen LogP contribution in [0.2, 0.25) is 0 Å². The third-order valence-corrected chi connectivity index (χ3v) is 5.94. The highest BCUT2D eigenvalue weighted by molar-refractivity contribution is 9.10. The number of nitrogens with one attached hydrogen (secondary N) is 1. The van der Waals surface area contributed by atoms with Crippen LogP contribution >= 0.6 is 27.3 Å². The second-order valence-corrected chi connectivity index (χ2v) is 7.96. The number of hydrogen-bond donors (Lipinski definition) is 1. The van der Waals surface area contributed by atoms with E-state index in [-0.39, 0.29) is 5.91 Å². The first-order valence-electron chi connectivity index (χ1n) is 8.52. The molecule has 1 N–H and O–H groups in total. The van der Waals surface area contributed by atoms with Crippen LogP contribution in [0.3, 0.4) is 0 Å². The maximum atomic E-state index is 12.5. The Morgan fingerprint density at radius 1 is 1.26 bits per heavy atom. The van der Waals surface area contributed by atoms with Gasteiger partial charge in [-0.2, -0.15) is 0 Å². The molecule has 0 bridgehead atoms. The molecule has 0 radical (unpaired) electrons. The van der Waals surface area contributed by atoms with Gasteiger partial charge in [0.25, 0.3) is 5.91 Å². The minimum atomic E-state index is -0.203. The van der Waals surface area contributed by atoms with Gasteiger partial charge in [-0.3, -0.25) is 10.1 Å². The number of thiazole rings is 1. The minimum Gasteiger partial charge on any atom is -0.496 e. The van der Waals surface area contributed by atoms with Crippen LogP contribution in [0.25, 0.3) is 10.2 Å². The van der Waals surface area contributed by atoms with Crippen LogP contribution in [0.15, 0.2) is 40.9 Å². The summed E-state index contributed by atoms with van der Waals surface area (Å²) in [5.41, 5.74) is 2.57. The number of anilines is 2. The van der Waals surface area contributed by atoms with Crippen molar-refractivity contribution < 1.29 is 14.3 Å². The fraction of sp³-hybridized carbons (Fsp3) is 0.263. The fourth-order valence-corrected chi connectivity index (χ4v) is 4.40. The molecular formula is C19H18BrN3O3S. The molecule has 2 heterocycles. The number of carbonyl (C=O) groups excluding carboxylic acids is 1. The van der Waals surface area contributed by atoms with Gasteiger partial charge in [-0.25, -0.2) is 4.98 Å². The van der Waals surface area contributed by atoms with E-state index in [0.29, 0.717) is 16.4 Å². The van der Waals surface area contributed by atoms with Gasteiger partial charge in [0.1, 0.15) is 5.75 Å². The molecule has 1 saturated heterocycles. The van der Waals surface area contributed by atoms with E-state index in [0.717, 1.165) is 46.7 Å². The molecule has 140 valence electrons. The number of hydrogen-bond acceptors (Lipinski definition) is 6. The summed E-state index contributed by atoms with van der Waals surface area (Å²) in [5, 5.41) is 3.47. The lowest BCUT2D eigenvalue weighted by atomic mass is 10.2. The smallest absolute Gasteiger partial charge is 0.257 e. The maximum Gasteiger partial charge on any atom is 0.257 e. The van der Waals surface area contributed by atoms with E-state index in [2.05, 4.69) is 43.3 Å². The summed E-state index contributed by atoms with van der Waals surface area (Å²) < 4.78 is 12.4. The number of aromatic nitrogens is 1. The summed E-state index contributed by atoms with van der Waals surface area (Å²) >= 11 is 4.88. The zero-order valence-electron chi connectivity index (χ0n) is 14.7. The normalized spacial score (nSPS) is 14.4. The number of nitrogens with zero attached hydrogens (tertiary/aromatic N) is 2. The van der Waals surface area contributed by atoms with Crippen LogP contribution in [0.5, 0.6) is 5.75 Å². The monoisotopic (exact) mass is 447 g/mol. The molecule has 8 heteroatoms. The van der Waals surface area contributed by atoms with Crippen molar-refractivity contribution in [3.8, 4) is 5.75 Å². The summed E-state index contributed by atoms with van der Waals surface area (Å²) in [6.07, 6.45) is 0. The number of benzene rings is 2. The molecule has 4 rings (SSSR count).